The standard InChI is InChI=1S/C22H20N4OS2/c1-26(20(16-9-4-2-5-10-16)17-11-6-3-7-12-17)19(27)15-29-22-23-21(24-25-22)18-13-8-14-28-18/h2-14,20H,15H2,1H3,(H,23,24,25). The molecule has 2 heterocycles. The molecule has 5 nitrogen and oxygen atoms in total. The van der Waals surface area contributed by atoms with Crippen LogP contribution in [-0.2, 0) is 4.79 Å². The minimum absolute atomic E-state index is 0.0233. The summed E-state index contributed by atoms with van der Waals surface area (Å²) in [6.07, 6.45) is 0. The van der Waals surface area contributed by atoms with Gasteiger partial charge in [0, 0.05) is 7.05 Å². The number of aromatic nitrogens is 3. The summed E-state index contributed by atoms with van der Waals surface area (Å²) in [6, 6.07) is 24.0. The Morgan fingerprint density at radius 3 is 2.28 bits per heavy atom. The molecule has 4 rings (SSSR count). The minimum atomic E-state index is -0.140. The zero-order chi connectivity index (χ0) is 20.1. The Kier molecular flexibility index (Phi) is 6.07. The van der Waals surface area contributed by atoms with Crippen molar-refractivity contribution in [1.29, 1.82) is 0 Å². The highest BCUT2D eigenvalue weighted by Crippen LogP contribution is 2.29. The van der Waals surface area contributed by atoms with E-state index in [0.717, 1.165) is 21.8 Å². The Bertz CT molecular complexity index is 1010. The first-order valence-corrected chi connectivity index (χ1v) is 11.0. The molecule has 0 aliphatic heterocycles. The molecule has 2 aromatic carbocycles. The maximum Gasteiger partial charge on any atom is 0.233 e. The van der Waals surface area contributed by atoms with E-state index in [9.17, 15) is 4.79 Å². The first kappa shape index (κ1) is 19.4. The van der Waals surface area contributed by atoms with Crippen LogP contribution in [0.1, 0.15) is 17.2 Å². The lowest BCUT2D eigenvalue weighted by molar-refractivity contribution is -0.128. The van der Waals surface area contributed by atoms with Crippen LogP contribution in [0.4, 0.5) is 0 Å². The highest BCUT2D eigenvalue weighted by Gasteiger charge is 2.23. The van der Waals surface area contributed by atoms with Crippen LogP contribution < -0.4 is 0 Å². The molecule has 1 amide bonds. The molecule has 7 heteroatoms. The highest BCUT2D eigenvalue weighted by molar-refractivity contribution is 7.99. The molecule has 29 heavy (non-hydrogen) atoms. The Labute approximate surface area is 177 Å². The second-order valence-electron chi connectivity index (χ2n) is 6.46. The van der Waals surface area contributed by atoms with E-state index in [0.29, 0.717) is 5.16 Å². The summed E-state index contributed by atoms with van der Waals surface area (Å²) in [5, 5.41) is 9.74. The largest absolute Gasteiger partial charge is 0.334 e. The third-order valence-corrected chi connectivity index (χ3v) is 6.26. The van der Waals surface area contributed by atoms with E-state index in [1.165, 1.54) is 11.8 Å². The van der Waals surface area contributed by atoms with Crippen LogP contribution in [0.25, 0.3) is 10.7 Å². The number of amides is 1. The van der Waals surface area contributed by atoms with Crippen LogP contribution in [0.2, 0.25) is 0 Å². The van der Waals surface area contributed by atoms with Crippen molar-refractivity contribution in [2.24, 2.45) is 0 Å². The van der Waals surface area contributed by atoms with E-state index in [-0.39, 0.29) is 17.7 Å². The van der Waals surface area contributed by atoms with Crippen molar-refractivity contribution in [2.75, 3.05) is 12.8 Å². The van der Waals surface area contributed by atoms with Gasteiger partial charge in [-0.15, -0.1) is 16.4 Å². The molecule has 0 unspecified atom stereocenters. The van der Waals surface area contributed by atoms with Crippen molar-refractivity contribution in [3.63, 3.8) is 0 Å². The van der Waals surface area contributed by atoms with Crippen molar-refractivity contribution in [3.05, 3.63) is 89.3 Å². The van der Waals surface area contributed by atoms with Crippen LogP contribution >= 0.6 is 23.1 Å². The second kappa shape index (κ2) is 9.07. The van der Waals surface area contributed by atoms with Gasteiger partial charge in [0.2, 0.25) is 11.1 Å². The first-order valence-electron chi connectivity index (χ1n) is 9.17. The zero-order valence-corrected chi connectivity index (χ0v) is 17.5. The molecule has 0 radical (unpaired) electrons. The number of hydrogen-bond donors (Lipinski definition) is 1. The Balaban J connectivity index is 1.48. The molecule has 1 N–H and O–H groups in total. The predicted molar refractivity (Wildman–Crippen MR) is 118 cm³/mol. The molecule has 146 valence electrons. The lowest BCUT2D eigenvalue weighted by atomic mass is 9.97. The number of hydrogen-bond acceptors (Lipinski definition) is 5. The van der Waals surface area contributed by atoms with Crippen molar-refractivity contribution in [2.45, 2.75) is 11.2 Å². The topological polar surface area (TPSA) is 61.9 Å². The van der Waals surface area contributed by atoms with Gasteiger partial charge in [-0.3, -0.25) is 9.89 Å². The number of aromatic amines is 1. The Morgan fingerprint density at radius 1 is 1.03 bits per heavy atom. The van der Waals surface area contributed by atoms with Crippen LogP contribution in [0, 0.1) is 0 Å². The highest BCUT2D eigenvalue weighted by atomic mass is 32.2. The SMILES string of the molecule is CN(C(=O)CSc1n[nH]c(-c2cccs2)n1)C(c1ccccc1)c1ccccc1. The molecule has 0 aliphatic rings. The summed E-state index contributed by atoms with van der Waals surface area (Å²) in [5.74, 6) is 1.03. The van der Waals surface area contributed by atoms with Gasteiger partial charge >= 0.3 is 0 Å². The molecular weight excluding hydrogens is 400 g/mol. The van der Waals surface area contributed by atoms with Crippen molar-refractivity contribution in [1.82, 2.24) is 20.1 Å². The van der Waals surface area contributed by atoms with Crippen LogP contribution in [-0.4, -0.2) is 38.8 Å². The van der Waals surface area contributed by atoms with Gasteiger partial charge in [0.25, 0.3) is 0 Å². The van der Waals surface area contributed by atoms with Crippen molar-refractivity contribution < 1.29 is 4.79 Å². The fourth-order valence-electron chi connectivity index (χ4n) is 3.12. The number of nitrogens with zero attached hydrogens (tertiary/aromatic N) is 3. The smallest absolute Gasteiger partial charge is 0.233 e. The molecule has 0 spiro atoms. The van der Waals surface area contributed by atoms with Gasteiger partial charge in [-0.2, -0.15) is 0 Å². The van der Waals surface area contributed by atoms with E-state index in [4.69, 9.17) is 0 Å². The third kappa shape index (κ3) is 4.58. The number of nitrogens with one attached hydrogen (secondary N) is 1. The normalized spacial score (nSPS) is 11.0. The summed E-state index contributed by atoms with van der Waals surface area (Å²) in [4.78, 5) is 20.3. The fourth-order valence-corrected chi connectivity index (χ4v) is 4.50. The lowest BCUT2D eigenvalue weighted by Crippen LogP contribution is -2.33. The zero-order valence-electron chi connectivity index (χ0n) is 15.9. The monoisotopic (exact) mass is 420 g/mol. The maximum atomic E-state index is 13.0. The first-order chi connectivity index (χ1) is 14.2. The molecular formula is C22H20N4OS2. The number of rotatable bonds is 7. The number of thioether (sulfide) groups is 1. The van der Waals surface area contributed by atoms with Gasteiger partial charge in [0.05, 0.1) is 16.7 Å². The number of benzene rings is 2. The van der Waals surface area contributed by atoms with E-state index >= 15 is 0 Å². The number of carbonyl (C=O) groups excluding carboxylic acids is 1. The van der Waals surface area contributed by atoms with Crippen LogP contribution in [0.15, 0.2) is 83.3 Å². The summed E-state index contributed by atoms with van der Waals surface area (Å²) >= 11 is 2.94. The van der Waals surface area contributed by atoms with Gasteiger partial charge in [0.15, 0.2) is 5.82 Å². The fraction of sp³-hybridized carbons (Fsp3) is 0.136. The molecule has 2 aromatic heterocycles. The van der Waals surface area contributed by atoms with Crippen LogP contribution in [0.3, 0.4) is 0 Å². The van der Waals surface area contributed by atoms with Gasteiger partial charge < -0.3 is 4.90 Å². The molecule has 0 atom stereocenters. The maximum absolute atomic E-state index is 13.0. The molecule has 4 aromatic rings. The minimum Gasteiger partial charge on any atom is -0.334 e. The summed E-state index contributed by atoms with van der Waals surface area (Å²) in [5.41, 5.74) is 2.16. The lowest BCUT2D eigenvalue weighted by Gasteiger charge is -2.29. The van der Waals surface area contributed by atoms with Crippen molar-refractivity contribution >= 4 is 29.0 Å². The van der Waals surface area contributed by atoms with E-state index < -0.39 is 0 Å². The summed E-state index contributed by atoms with van der Waals surface area (Å²) in [7, 11) is 1.85. The molecule has 0 saturated heterocycles. The number of carbonyl (C=O) groups is 1. The van der Waals surface area contributed by atoms with Gasteiger partial charge in [-0.05, 0) is 22.6 Å². The second-order valence-corrected chi connectivity index (χ2v) is 8.35. The molecule has 0 fully saturated rings. The predicted octanol–water partition coefficient (Wildman–Crippen LogP) is 4.87. The van der Waals surface area contributed by atoms with Crippen molar-refractivity contribution in [3.8, 4) is 10.7 Å². The number of H-pyrrole nitrogens is 1. The average Bonchev–Trinajstić information content (AvgIpc) is 3.45. The number of thiophene rings is 1. The third-order valence-electron chi connectivity index (χ3n) is 4.56. The Morgan fingerprint density at radius 2 is 1.69 bits per heavy atom. The van der Waals surface area contributed by atoms with Gasteiger partial charge in [-0.1, -0.05) is 78.5 Å². The van der Waals surface area contributed by atoms with E-state index in [1.807, 2.05) is 61.0 Å². The summed E-state index contributed by atoms with van der Waals surface area (Å²) < 4.78 is 0. The van der Waals surface area contributed by atoms with E-state index in [1.54, 1.807) is 16.2 Å². The Hall–Kier alpha value is -2.90. The summed E-state index contributed by atoms with van der Waals surface area (Å²) in [6.45, 7) is 0. The molecule has 0 bridgehead atoms. The van der Waals surface area contributed by atoms with Gasteiger partial charge in [0.1, 0.15) is 0 Å². The molecule has 0 aliphatic carbocycles. The van der Waals surface area contributed by atoms with Gasteiger partial charge in [-0.25, -0.2) is 4.98 Å². The average molecular weight is 421 g/mol. The van der Waals surface area contributed by atoms with E-state index in [2.05, 4.69) is 39.4 Å². The van der Waals surface area contributed by atoms with Crippen LogP contribution in [0.5, 0.6) is 0 Å². The molecule has 0 saturated carbocycles. The quantitative estimate of drug-likeness (QED) is 0.433.